The van der Waals surface area contributed by atoms with Crippen LogP contribution in [0, 0.1) is 0 Å². The average molecular weight is 590 g/mol. The van der Waals surface area contributed by atoms with Gasteiger partial charge in [0.15, 0.2) is 6.10 Å². The second kappa shape index (κ2) is 15.6. The van der Waals surface area contributed by atoms with Crippen molar-refractivity contribution in [3.63, 3.8) is 0 Å². The molecule has 0 unspecified atom stereocenters. The molecule has 0 aliphatic carbocycles. The molecule has 2 rings (SSSR count). The van der Waals surface area contributed by atoms with E-state index >= 15 is 0 Å². The number of hydrogen-bond acceptors (Lipinski definition) is 7. The van der Waals surface area contributed by atoms with Crippen molar-refractivity contribution < 1.29 is 32.6 Å². The van der Waals surface area contributed by atoms with Crippen molar-refractivity contribution in [2.45, 2.75) is 44.9 Å². The minimum atomic E-state index is -3.56. The second-order valence-electron chi connectivity index (χ2n) is 7.13. The number of ether oxygens (including phenoxy) is 3. The Bertz CT molecular complexity index is 827. The van der Waals surface area contributed by atoms with Gasteiger partial charge in [-0.2, -0.15) is 0 Å². The van der Waals surface area contributed by atoms with Crippen molar-refractivity contribution in [3.8, 4) is 0 Å². The minimum absolute atomic E-state index is 0.0679. The fraction of sp³-hybridized carbons (Fsp3) is 0.458. The van der Waals surface area contributed by atoms with Crippen LogP contribution in [0.4, 0.5) is 0 Å². The smallest absolute Gasteiger partial charge is 0.337 e. The predicted molar refractivity (Wildman–Crippen MR) is 136 cm³/mol. The van der Waals surface area contributed by atoms with Gasteiger partial charge in [0.05, 0.1) is 33.0 Å². The summed E-state index contributed by atoms with van der Waals surface area (Å²) in [5.41, 5.74) is 1.27. The molecule has 33 heavy (non-hydrogen) atoms. The van der Waals surface area contributed by atoms with Crippen LogP contribution in [0.5, 0.6) is 0 Å². The van der Waals surface area contributed by atoms with E-state index in [0.29, 0.717) is 17.5 Å². The summed E-state index contributed by atoms with van der Waals surface area (Å²) in [5.74, 6) is 0. The Morgan fingerprint density at radius 1 is 0.909 bits per heavy atom. The predicted octanol–water partition coefficient (Wildman–Crippen LogP) is 5.40. The van der Waals surface area contributed by atoms with Crippen LogP contribution in [-0.4, -0.2) is 48.6 Å². The average Bonchev–Trinajstić information content (AvgIpc) is 2.83. The van der Waals surface area contributed by atoms with Gasteiger partial charge in [-0.3, -0.25) is 9.36 Å². The highest BCUT2D eigenvalue weighted by atomic mass is 127. The molecule has 0 spiro atoms. The van der Waals surface area contributed by atoms with Gasteiger partial charge in [-0.1, -0.05) is 83.3 Å². The van der Waals surface area contributed by atoms with Crippen LogP contribution in [0.15, 0.2) is 60.7 Å². The molecule has 0 saturated carbocycles. The molecule has 0 amide bonds. The third-order valence-corrected chi connectivity index (χ3v) is 9.01. The summed E-state index contributed by atoms with van der Waals surface area (Å²) >= 11 is 2.14. The molecule has 0 N–H and O–H groups in total. The van der Waals surface area contributed by atoms with E-state index in [9.17, 15) is 9.36 Å². The maximum atomic E-state index is 13.7. The molecular formula is C24H32IO7P. The Morgan fingerprint density at radius 2 is 1.45 bits per heavy atom. The number of hydrogen-bond donors (Lipinski definition) is 0. The molecule has 182 valence electrons. The number of benzene rings is 2. The van der Waals surface area contributed by atoms with Crippen molar-refractivity contribution in [1.82, 2.24) is 0 Å². The minimum Gasteiger partial charge on any atom is -0.459 e. The summed E-state index contributed by atoms with van der Waals surface area (Å²) in [4.78, 5) is 11.4. The van der Waals surface area contributed by atoms with Gasteiger partial charge in [0.2, 0.25) is 0 Å². The zero-order valence-electron chi connectivity index (χ0n) is 19.0. The number of carbonyl (C=O) groups is 1. The first-order chi connectivity index (χ1) is 16.1. The topological polar surface area (TPSA) is 80.3 Å². The molecule has 0 heterocycles. The zero-order valence-corrected chi connectivity index (χ0v) is 22.1. The number of rotatable bonds is 17. The standard InChI is InChI=1S/C24H32IO7P/c1-3-31-33(27,32-4-2)23(15-25)24(29-17-21-13-9-6-10-14-21)22(30-19-26)18-28-16-20-11-7-5-8-12-20/h5-14,19,22-24H,3-4,15-18H2,1-2H3/t22-,23-,24-/m1/s1. The summed E-state index contributed by atoms with van der Waals surface area (Å²) in [7, 11) is -3.56. The fourth-order valence-corrected chi connectivity index (χ4v) is 7.26. The lowest BCUT2D eigenvalue weighted by molar-refractivity contribution is -0.150. The lowest BCUT2D eigenvalue weighted by Crippen LogP contribution is -2.45. The van der Waals surface area contributed by atoms with Crippen molar-refractivity contribution in [3.05, 3.63) is 71.8 Å². The molecular weight excluding hydrogens is 558 g/mol. The Kier molecular flexibility index (Phi) is 13.2. The number of halogens is 1. The van der Waals surface area contributed by atoms with Crippen molar-refractivity contribution in [1.29, 1.82) is 0 Å². The van der Waals surface area contributed by atoms with Crippen molar-refractivity contribution in [2.24, 2.45) is 0 Å². The first kappa shape index (κ1) is 28.0. The van der Waals surface area contributed by atoms with Gasteiger partial charge in [-0.05, 0) is 25.0 Å². The molecule has 0 aromatic heterocycles. The first-order valence-electron chi connectivity index (χ1n) is 10.9. The first-order valence-corrected chi connectivity index (χ1v) is 14.0. The Hall–Kier alpha value is -1.29. The summed E-state index contributed by atoms with van der Waals surface area (Å²) < 4.78 is 42.8. The molecule has 0 bridgehead atoms. The summed E-state index contributed by atoms with van der Waals surface area (Å²) in [5, 5.41) is 0. The molecule has 0 fully saturated rings. The van der Waals surface area contributed by atoms with Gasteiger partial charge in [0.1, 0.15) is 11.8 Å². The van der Waals surface area contributed by atoms with Gasteiger partial charge in [0, 0.05) is 4.43 Å². The molecule has 2 aromatic carbocycles. The Labute approximate surface area is 209 Å². The maximum absolute atomic E-state index is 13.7. The van der Waals surface area contributed by atoms with Gasteiger partial charge in [0.25, 0.3) is 6.47 Å². The summed E-state index contributed by atoms with van der Waals surface area (Å²) in [6.07, 6.45) is -1.57. The lowest BCUT2D eigenvalue weighted by Gasteiger charge is -2.35. The molecule has 3 atom stereocenters. The van der Waals surface area contributed by atoms with E-state index in [-0.39, 0.29) is 26.4 Å². The maximum Gasteiger partial charge on any atom is 0.337 e. The summed E-state index contributed by atoms with van der Waals surface area (Å²) in [6, 6.07) is 19.3. The number of alkyl halides is 1. The fourth-order valence-electron chi connectivity index (χ4n) is 3.32. The Morgan fingerprint density at radius 3 is 1.94 bits per heavy atom. The molecule has 7 nitrogen and oxygen atoms in total. The highest BCUT2D eigenvalue weighted by molar-refractivity contribution is 14.1. The quantitative estimate of drug-likeness (QED) is 0.106. The van der Waals surface area contributed by atoms with Crippen LogP contribution in [-0.2, 0) is 45.8 Å². The second-order valence-corrected chi connectivity index (χ2v) is 10.3. The van der Waals surface area contributed by atoms with Crippen LogP contribution in [0.2, 0.25) is 0 Å². The van der Waals surface area contributed by atoms with Crippen molar-refractivity contribution in [2.75, 3.05) is 24.2 Å². The van der Waals surface area contributed by atoms with Gasteiger partial charge in [-0.25, -0.2) is 0 Å². The van der Waals surface area contributed by atoms with E-state index in [1.165, 1.54) is 0 Å². The van der Waals surface area contributed by atoms with E-state index in [2.05, 4.69) is 22.6 Å². The monoisotopic (exact) mass is 590 g/mol. The number of carbonyl (C=O) groups excluding carboxylic acids is 1. The van der Waals surface area contributed by atoms with E-state index in [1.807, 2.05) is 60.7 Å². The van der Waals surface area contributed by atoms with Crippen LogP contribution in [0.3, 0.4) is 0 Å². The highest BCUT2D eigenvalue weighted by Crippen LogP contribution is 2.55. The van der Waals surface area contributed by atoms with E-state index in [4.69, 9.17) is 23.3 Å². The normalized spacial score (nSPS) is 14.4. The summed E-state index contributed by atoms with van der Waals surface area (Å²) in [6.45, 7) is 4.99. The van der Waals surface area contributed by atoms with Crippen molar-refractivity contribution >= 4 is 36.7 Å². The van der Waals surface area contributed by atoms with Crippen LogP contribution in [0.1, 0.15) is 25.0 Å². The SMILES string of the molecule is CCOP(=O)(OCC)[C@H](CI)[C@H](OCc1ccccc1)[C@@H](COCc1ccccc1)OC=O. The van der Waals surface area contributed by atoms with E-state index in [0.717, 1.165) is 11.1 Å². The molecule has 0 radical (unpaired) electrons. The Balaban J connectivity index is 2.27. The van der Waals surface area contributed by atoms with Crippen LogP contribution < -0.4 is 0 Å². The molecule has 0 aliphatic rings. The van der Waals surface area contributed by atoms with Gasteiger partial charge >= 0.3 is 7.60 Å². The molecule has 2 aromatic rings. The van der Waals surface area contributed by atoms with Crippen LogP contribution >= 0.6 is 30.2 Å². The molecule has 9 heteroatoms. The lowest BCUT2D eigenvalue weighted by atomic mass is 10.1. The van der Waals surface area contributed by atoms with E-state index < -0.39 is 25.5 Å². The third-order valence-electron chi connectivity index (χ3n) is 4.84. The molecule has 0 aliphatic heterocycles. The van der Waals surface area contributed by atoms with E-state index in [1.54, 1.807) is 13.8 Å². The highest BCUT2D eigenvalue weighted by Gasteiger charge is 2.45. The van der Waals surface area contributed by atoms with Gasteiger partial charge < -0.3 is 23.3 Å². The third kappa shape index (κ3) is 9.11. The van der Waals surface area contributed by atoms with Gasteiger partial charge in [-0.15, -0.1) is 0 Å². The zero-order chi connectivity index (χ0) is 23.9. The van der Waals surface area contributed by atoms with Crippen LogP contribution in [0.25, 0.3) is 0 Å². The largest absolute Gasteiger partial charge is 0.459 e. The molecule has 0 saturated heterocycles.